The largest absolute Gasteiger partial charge is 0.462 e. The first kappa shape index (κ1) is 62.4. The van der Waals surface area contributed by atoms with Crippen LogP contribution in [-0.2, 0) is 28.6 Å². The summed E-state index contributed by atoms with van der Waals surface area (Å²) in [4.78, 5) is 38.0. The van der Waals surface area contributed by atoms with Gasteiger partial charge in [-0.15, -0.1) is 0 Å². The molecule has 0 aliphatic heterocycles. The minimum Gasteiger partial charge on any atom is -0.462 e. The first-order valence-corrected chi connectivity index (χ1v) is 28.9. The smallest absolute Gasteiger partial charge is 0.306 e. The summed E-state index contributed by atoms with van der Waals surface area (Å²) >= 11 is 0. The van der Waals surface area contributed by atoms with Crippen LogP contribution in [0.25, 0.3) is 0 Å². The fourth-order valence-corrected chi connectivity index (χ4v) is 8.89. The molecule has 0 aromatic heterocycles. The van der Waals surface area contributed by atoms with E-state index in [0.29, 0.717) is 19.3 Å². The van der Waals surface area contributed by atoms with E-state index < -0.39 is 6.10 Å². The van der Waals surface area contributed by atoms with Crippen molar-refractivity contribution in [2.45, 2.75) is 336 Å². The van der Waals surface area contributed by atoms with Gasteiger partial charge in [0.2, 0.25) is 0 Å². The van der Waals surface area contributed by atoms with Crippen molar-refractivity contribution in [3.05, 3.63) is 0 Å². The Morgan fingerprint density at radius 3 is 0.812 bits per heavy atom. The number of esters is 3. The maximum absolute atomic E-state index is 12.8. The number of rotatable bonds is 53. The lowest BCUT2D eigenvalue weighted by atomic mass is 9.99. The summed E-state index contributed by atoms with van der Waals surface area (Å²) in [5, 5.41) is 0. The van der Waals surface area contributed by atoms with Crippen LogP contribution < -0.4 is 0 Å². The highest BCUT2D eigenvalue weighted by Gasteiger charge is 2.19. The Morgan fingerprint density at radius 1 is 0.312 bits per heavy atom. The quantitative estimate of drug-likeness (QED) is 0.0344. The molecule has 6 heteroatoms. The molecule has 0 fully saturated rings. The molecule has 0 aliphatic rings. The predicted molar refractivity (Wildman–Crippen MR) is 275 cm³/mol. The van der Waals surface area contributed by atoms with Gasteiger partial charge in [0.25, 0.3) is 0 Å². The normalized spacial score (nSPS) is 12.4. The van der Waals surface area contributed by atoms with Crippen LogP contribution in [0.2, 0.25) is 0 Å². The van der Waals surface area contributed by atoms with Gasteiger partial charge in [-0.25, -0.2) is 0 Å². The second kappa shape index (κ2) is 52.4. The Morgan fingerprint density at radius 2 is 0.547 bits per heavy atom. The highest BCUT2D eigenvalue weighted by Crippen LogP contribution is 2.18. The van der Waals surface area contributed by atoms with Gasteiger partial charge in [-0.05, 0) is 25.2 Å². The molecule has 64 heavy (non-hydrogen) atoms. The monoisotopic (exact) mass is 905 g/mol. The van der Waals surface area contributed by atoms with E-state index in [9.17, 15) is 14.4 Å². The average Bonchev–Trinajstić information content (AvgIpc) is 3.29. The van der Waals surface area contributed by atoms with Gasteiger partial charge in [-0.3, -0.25) is 14.4 Å². The van der Waals surface area contributed by atoms with Crippen molar-refractivity contribution in [2.75, 3.05) is 13.2 Å². The number of carbonyl (C=O) groups is 3. The molecule has 0 aromatic rings. The summed E-state index contributed by atoms with van der Waals surface area (Å²) in [5.74, 6) is 0.0699. The number of hydrogen-bond donors (Lipinski definition) is 0. The molecule has 2 atom stereocenters. The maximum Gasteiger partial charge on any atom is 0.306 e. The molecule has 0 saturated heterocycles. The number of unbranched alkanes of at least 4 members (excludes halogenated alkanes) is 39. The van der Waals surface area contributed by atoms with E-state index in [0.717, 1.165) is 63.7 Å². The number of hydrogen-bond acceptors (Lipinski definition) is 6. The van der Waals surface area contributed by atoms with Crippen LogP contribution in [-0.4, -0.2) is 37.2 Å². The summed E-state index contributed by atoms with van der Waals surface area (Å²) in [6, 6.07) is 0. The molecule has 0 N–H and O–H groups in total. The molecule has 0 aliphatic carbocycles. The molecule has 380 valence electrons. The second-order valence-corrected chi connectivity index (χ2v) is 20.2. The Labute approximate surface area is 399 Å². The molecule has 0 amide bonds. The van der Waals surface area contributed by atoms with Crippen molar-refractivity contribution in [3.8, 4) is 0 Å². The Kier molecular flexibility index (Phi) is 51.1. The van der Waals surface area contributed by atoms with E-state index in [1.807, 2.05) is 0 Å². The van der Waals surface area contributed by atoms with Crippen LogP contribution in [0.15, 0.2) is 0 Å². The SMILES string of the molecule is CCCCCCCCCCCCCCCCCC(=O)OC[C@@H](COC(=O)CCCCCCCCCCC)OC(=O)CCCCCCCCCCCCCCCCCCCCC(C)CC. The summed E-state index contributed by atoms with van der Waals surface area (Å²) < 4.78 is 16.8. The Balaban J connectivity index is 4.18. The Hall–Kier alpha value is -1.59. The minimum absolute atomic E-state index is 0.0620. The van der Waals surface area contributed by atoms with E-state index >= 15 is 0 Å². The zero-order valence-corrected chi connectivity index (χ0v) is 43.8. The molecule has 1 unspecified atom stereocenters. The highest BCUT2D eigenvalue weighted by atomic mass is 16.6. The topological polar surface area (TPSA) is 78.9 Å². The summed E-state index contributed by atoms with van der Waals surface area (Å²) in [5.41, 5.74) is 0. The molecule has 0 heterocycles. The number of ether oxygens (including phenoxy) is 3. The molecule has 0 rings (SSSR count). The van der Waals surface area contributed by atoms with Crippen molar-refractivity contribution in [3.63, 3.8) is 0 Å². The van der Waals surface area contributed by atoms with Crippen LogP contribution in [0.4, 0.5) is 0 Å². The van der Waals surface area contributed by atoms with Crippen molar-refractivity contribution >= 4 is 17.9 Å². The zero-order chi connectivity index (χ0) is 46.7. The van der Waals surface area contributed by atoms with E-state index in [4.69, 9.17) is 14.2 Å². The van der Waals surface area contributed by atoms with E-state index in [1.165, 1.54) is 225 Å². The molecule has 0 bridgehead atoms. The lowest BCUT2D eigenvalue weighted by molar-refractivity contribution is -0.167. The first-order valence-electron chi connectivity index (χ1n) is 28.9. The maximum atomic E-state index is 12.8. The minimum atomic E-state index is -0.761. The third-order valence-corrected chi connectivity index (χ3v) is 13.7. The predicted octanol–water partition coefficient (Wildman–Crippen LogP) is 19.0. The van der Waals surface area contributed by atoms with E-state index in [-0.39, 0.29) is 31.1 Å². The van der Waals surface area contributed by atoms with E-state index in [2.05, 4.69) is 27.7 Å². The van der Waals surface area contributed by atoms with Gasteiger partial charge in [0, 0.05) is 19.3 Å². The van der Waals surface area contributed by atoms with Crippen molar-refractivity contribution in [2.24, 2.45) is 5.92 Å². The third-order valence-electron chi connectivity index (χ3n) is 13.7. The molecular weight excluding hydrogens is 793 g/mol. The summed E-state index contributed by atoms with van der Waals surface area (Å²) in [6.07, 6.45) is 56.7. The summed E-state index contributed by atoms with van der Waals surface area (Å²) in [7, 11) is 0. The Bertz CT molecular complexity index is 966. The molecule has 0 spiro atoms. The van der Waals surface area contributed by atoms with Crippen LogP contribution in [0.3, 0.4) is 0 Å². The fourth-order valence-electron chi connectivity index (χ4n) is 8.89. The average molecular weight is 906 g/mol. The number of carbonyl (C=O) groups excluding carboxylic acids is 3. The van der Waals surface area contributed by atoms with Crippen LogP contribution in [0.1, 0.15) is 329 Å². The van der Waals surface area contributed by atoms with E-state index in [1.54, 1.807) is 0 Å². The van der Waals surface area contributed by atoms with Crippen LogP contribution in [0.5, 0.6) is 0 Å². The second-order valence-electron chi connectivity index (χ2n) is 20.2. The van der Waals surface area contributed by atoms with Gasteiger partial charge in [0.1, 0.15) is 13.2 Å². The van der Waals surface area contributed by atoms with Crippen molar-refractivity contribution < 1.29 is 28.6 Å². The van der Waals surface area contributed by atoms with Gasteiger partial charge >= 0.3 is 17.9 Å². The van der Waals surface area contributed by atoms with Gasteiger partial charge in [-0.1, -0.05) is 291 Å². The van der Waals surface area contributed by atoms with Gasteiger partial charge in [0.05, 0.1) is 0 Å². The zero-order valence-electron chi connectivity index (χ0n) is 43.8. The van der Waals surface area contributed by atoms with Crippen molar-refractivity contribution in [1.82, 2.24) is 0 Å². The third kappa shape index (κ3) is 49.8. The van der Waals surface area contributed by atoms with Crippen molar-refractivity contribution in [1.29, 1.82) is 0 Å². The van der Waals surface area contributed by atoms with Gasteiger partial charge in [0.15, 0.2) is 6.10 Å². The van der Waals surface area contributed by atoms with Crippen LogP contribution in [0, 0.1) is 5.92 Å². The highest BCUT2D eigenvalue weighted by molar-refractivity contribution is 5.71. The molecule has 0 saturated carbocycles. The molecular formula is C58H112O6. The van der Waals surface area contributed by atoms with Gasteiger partial charge in [-0.2, -0.15) is 0 Å². The fraction of sp³-hybridized carbons (Fsp3) is 0.948. The standard InChI is InChI=1S/C58H112O6/c1-5-8-10-12-14-16-17-18-23-27-30-34-38-42-46-50-57(60)63-53-55(52-62-56(59)49-45-41-37-32-15-13-11-9-6-2)64-58(61)51-47-43-39-35-31-28-25-22-20-19-21-24-26-29-33-36-40-44-48-54(4)7-3/h54-55H,5-53H2,1-4H3/t54?,55-/m1/s1. The summed E-state index contributed by atoms with van der Waals surface area (Å²) in [6.45, 7) is 9.09. The molecule has 0 aromatic carbocycles. The van der Waals surface area contributed by atoms with Gasteiger partial charge < -0.3 is 14.2 Å². The lowest BCUT2D eigenvalue weighted by Crippen LogP contribution is -2.30. The lowest BCUT2D eigenvalue weighted by Gasteiger charge is -2.18. The van der Waals surface area contributed by atoms with Crippen LogP contribution >= 0.6 is 0 Å². The molecule has 0 radical (unpaired) electrons. The first-order chi connectivity index (χ1) is 31.4. The molecule has 6 nitrogen and oxygen atoms in total.